The summed E-state index contributed by atoms with van der Waals surface area (Å²) in [5.74, 6) is 2.12. The molecule has 0 bridgehead atoms. The van der Waals surface area contributed by atoms with Gasteiger partial charge < -0.3 is 23.9 Å². The second kappa shape index (κ2) is 12.6. The maximum atomic E-state index is 13.0. The maximum absolute atomic E-state index is 13.0. The monoisotopic (exact) mass is 549 g/mol. The van der Waals surface area contributed by atoms with E-state index in [-0.39, 0.29) is 5.91 Å². The number of rotatable bonds is 11. The number of amides is 1. The lowest BCUT2D eigenvalue weighted by atomic mass is 10.0. The van der Waals surface area contributed by atoms with Gasteiger partial charge in [-0.1, -0.05) is 48.0 Å². The molecule has 0 radical (unpaired) electrons. The number of nitrogens with zero attached hydrogens (tertiary/aromatic N) is 2. The Balaban J connectivity index is 1.37. The summed E-state index contributed by atoms with van der Waals surface area (Å²) in [5.41, 5.74) is 8.13. The molecule has 210 valence electrons. The highest BCUT2D eigenvalue weighted by molar-refractivity contribution is 5.77. The van der Waals surface area contributed by atoms with E-state index in [4.69, 9.17) is 19.2 Å². The molecule has 0 saturated heterocycles. The highest BCUT2D eigenvalue weighted by Crippen LogP contribution is 2.31. The van der Waals surface area contributed by atoms with Gasteiger partial charge in [0.05, 0.1) is 32.7 Å². The summed E-state index contributed by atoms with van der Waals surface area (Å²) < 4.78 is 18.3. The third-order valence-electron chi connectivity index (χ3n) is 7.18. The average Bonchev–Trinajstić information content (AvgIpc) is 3.37. The van der Waals surface area contributed by atoms with Crippen LogP contribution in [0, 0.1) is 6.92 Å². The number of methoxy groups -OCH3 is 3. The van der Waals surface area contributed by atoms with Crippen LogP contribution >= 0.6 is 0 Å². The van der Waals surface area contributed by atoms with Gasteiger partial charge in [0.1, 0.15) is 11.4 Å². The molecule has 2 heterocycles. The van der Waals surface area contributed by atoms with Crippen molar-refractivity contribution in [2.24, 2.45) is 0 Å². The minimum Gasteiger partial charge on any atom is -0.497 e. The molecule has 41 heavy (non-hydrogen) atoms. The van der Waals surface area contributed by atoms with Crippen molar-refractivity contribution in [2.45, 2.75) is 26.2 Å². The van der Waals surface area contributed by atoms with Crippen molar-refractivity contribution in [3.05, 3.63) is 102 Å². The van der Waals surface area contributed by atoms with Crippen LogP contribution < -0.4 is 19.5 Å². The van der Waals surface area contributed by atoms with Crippen molar-refractivity contribution < 1.29 is 19.0 Å². The van der Waals surface area contributed by atoms with Crippen molar-refractivity contribution in [2.75, 3.05) is 27.9 Å². The number of pyridine rings is 1. The Hall–Kier alpha value is -4.78. The number of nitrogens with one attached hydrogen (secondary N) is 1. The standard InChI is InChI=1S/C34H35N3O4/c1-23-7-5-8-25(19-23)27-12-15-32-36-34(26-9-6-10-28(21-26)39-2)29(37(32)22-27)13-16-33(38)35-18-17-24-11-14-30(40-3)31(20-24)41-4/h5-12,14-15,19-22H,13,16-18H2,1-4H3,(H,35,38). The number of imidazole rings is 1. The second-order valence-corrected chi connectivity index (χ2v) is 9.94. The maximum Gasteiger partial charge on any atom is 0.220 e. The predicted molar refractivity (Wildman–Crippen MR) is 162 cm³/mol. The fraction of sp³-hybridized carbons (Fsp3) is 0.235. The minimum absolute atomic E-state index is 0.00754. The minimum atomic E-state index is -0.00754. The molecule has 0 spiro atoms. The Morgan fingerprint density at radius 2 is 1.61 bits per heavy atom. The molecule has 0 fully saturated rings. The fourth-order valence-corrected chi connectivity index (χ4v) is 5.03. The Labute approximate surface area is 240 Å². The Kier molecular flexibility index (Phi) is 8.53. The lowest BCUT2D eigenvalue weighted by Gasteiger charge is -2.11. The molecular formula is C34H35N3O4. The summed E-state index contributed by atoms with van der Waals surface area (Å²) in [6.07, 6.45) is 3.68. The summed E-state index contributed by atoms with van der Waals surface area (Å²) in [6.45, 7) is 2.62. The Bertz CT molecular complexity index is 1670. The Morgan fingerprint density at radius 3 is 2.39 bits per heavy atom. The van der Waals surface area contributed by atoms with Crippen molar-refractivity contribution in [3.63, 3.8) is 0 Å². The average molecular weight is 550 g/mol. The predicted octanol–water partition coefficient (Wildman–Crippen LogP) is 6.29. The molecule has 5 aromatic rings. The van der Waals surface area contributed by atoms with Gasteiger partial charge in [0, 0.05) is 24.7 Å². The third-order valence-corrected chi connectivity index (χ3v) is 7.18. The van der Waals surface area contributed by atoms with Gasteiger partial charge in [0.2, 0.25) is 5.91 Å². The highest BCUT2D eigenvalue weighted by atomic mass is 16.5. The van der Waals surface area contributed by atoms with Gasteiger partial charge >= 0.3 is 0 Å². The summed E-state index contributed by atoms with van der Waals surface area (Å²) in [4.78, 5) is 17.9. The van der Waals surface area contributed by atoms with Crippen LogP contribution in [0.4, 0.5) is 0 Å². The summed E-state index contributed by atoms with van der Waals surface area (Å²) in [7, 11) is 4.89. The van der Waals surface area contributed by atoms with Gasteiger partial charge in [-0.25, -0.2) is 4.98 Å². The molecule has 3 aromatic carbocycles. The van der Waals surface area contributed by atoms with E-state index < -0.39 is 0 Å². The first-order valence-electron chi connectivity index (χ1n) is 13.7. The Morgan fingerprint density at radius 1 is 0.805 bits per heavy atom. The van der Waals surface area contributed by atoms with Crippen LogP contribution in [-0.2, 0) is 17.6 Å². The van der Waals surface area contributed by atoms with Crippen LogP contribution in [0.5, 0.6) is 17.2 Å². The van der Waals surface area contributed by atoms with E-state index in [0.717, 1.165) is 45.0 Å². The van der Waals surface area contributed by atoms with E-state index >= 15 is 0 Å². The molecule has 0 aliphatic carbocycles. The van der Waals surface area contributed by atoms with Gasteiger partial charge in [-0.15, -0.1) is 0 Å². The molecule has 0 unspecified atom stereocenters. The highest BCUT2D eigenvalue weighted by Gasteiger charge is 2.17. The van der Waals surface area contributed by atoms with E-state index in [0.29, 0.717) is 37.3 Å². The van der Waals surface area contributed by atoms with Gasteiger partial charge in [-0.3, -0.25) is 4.79 Å². The number of fused-ring (bicyclic) bond motifs is 1. The van der Waals surface area contributed by atoms with Gasteiger partial charge in [-0.2, -0.15) is 0 Å². The van der Waals surface area contributed by atoms with Crippen LogP contribution in [0.1, 0.15) is 23.2 Å². The number of hydrogen-bond donors (Lipinski definition) is 1. The van der Waals surface area contributed by atoms with Crippen molar-refractivity contribution in [3.8, 4) is 39.6 Å². The summed E-state index contributed by atoms with van der Waals surface area (Å²) in [6, 6.07) is 26.3. The number of carbonyl (C=O) groups is 1. The van der Waals surface area contributed by atoms with Crippen LogP contribution in [0.3, 0.4) is 0 Å². The zero-order valence-electron chi connectivity index (χ0n) is 23.9. The quantitative estimate of drug-likeness (QED) is 0.210. The zero-order valence-corrected chi connectivity index (χ0v) is 23.9. The second-order valence-electron chi connectivity index (χ2n) is 9.94. The fourth-order valence-electron chi connectivity index (χ4n) is 5.03. The number of carbonyl (C=O) groups excluding carboxylic acids is 1. The number of hydrogen-bond acceptors (Lipinski definition) is 5. The first-order chi connectivity index (χ1) is 20.0. The number of aryl methyl sites for hydroxylation is 2. The van der Waals surface area contributed by atoms with E-state index in [1.165, 1.54) is 5.56 Å². The van der Waals surface area contributed by atoms with Crippen LogP contribution in [-0.4, -0.2) is 43.2 Å². The summed E-state index contributed by atoms with van der Waals surface area (Å²) >= 11 is 0. The lowest BCUT2D eigenvalue weighted by Crippen LogP contribution is -2.26. The molecular weight excluding hydrogens is 514 g/mol. The number of ether oxygens (including phenoxy) is 3. The molecule has 5 rings (SSSR count). The SMILES string of the molecule is COc1cccc(-c2nc3ccc(-c4cccc(C)c4)cn3c2CCC(=O)NCCc2ccc(OC)c(OC)c2)c1. The lowest BCUT2D eigenvalue weighted by molar-refractivity contribution is -0.121. The molecule has 0 aliphatic rings. The van der Waals surface area contributed by atoms with Crippen molar-refractivity contribution in [1.82, 2.24) is 14.7 Å². The largest absolute Gasteiger partial charge is 0.497 e. The van der Waals surface area contributed by atoms with Crippen LogP contribution in [0.2, 0.25) is 0 Å². The summed E-state index contributed by atoms with van der Waals surface area (Å²) in [5, 5.41) is 3.07. The third kappa shape index (κ3) is 6.35. The van der Waals surface area contributed by atoms with Crippen molar-refractivity contribution >= 4 is 11.6 Å². The number of aromatic nitrogens is 2. The molecule has 7 nitrogen and oxygen atoms in total. The smallest absolute Gasteiger partial charge is 0.220 e. The molecule has 0 saturated carbocycles. The zero-order chi connectivity index (χ0) is 28.8. The normalized spacial score (nSPS) is 10.9. The van der Waals surface area contributed by atoms with Crippen LogP contribution in [0.25, 0.3) is 28.0 Å². The topological polar surface area (TPSA) is 74.1 Å². The number of benzene rings is 3. The molecule has 1 N–H and O–H groups in total. The van der Waals surface area contributed by atoms with E-state index in [1.54, 1.807) is 21.3 Å². The molecule has 2 aromatic heterocycles. The molecule has 0 aliphatic heterocycles. The molecule has 1 amide bonds. The molecule has 7 heteroatoms. The van der Waals surface area contributed by atoms with Gasteiger partial charge in [0.25, 0.3) is 0 Å². The first kappa shape index (κ1) is 27.8. The van der Waals surface area contributed by atoms with Crippen molar-refractivity contribution in [1.29, 1.82) is 0 Å². The van der Waals surface area contributed by atoms with E-state index in [1.807, 2.05) is 48.5 Å². The van der Waals surface area contributed by atoms with E-state index in [9.17, 15) is 4.79 Å². The molecule has 0 atom stereocenters. The van der Waals surface area contributed by atoms with Crippen LogP contribution in [0.15, 0.2) is 85.1 Å². The van der Waals surface area contributed by atoms with Gasteiger partial charge in [0.15, 0.2) is 11.5 Å². The van der Waals surface area contributed by atoms with E-state index in [2.05, 4.69) is 53.2 Å². The first-order valence-corrected chi connectivity index (χ1v) is 13.7. The van der Waals surface area contributed by atoms with Gasteiger partial charge in [-0.05, 0) is 72.9 Å².